The van der Waals surface area contributed by atoms with Crippen molar-refractivity contribution >= 4 is 15.9 Å². The first-order chi connectivity index (χ1) is 9.08. The van der Waals surface area contributed by atoms with Gasteiger partial charge in [-0.3, -0.25) is 0 Å². The summed E-state index contributed by atoms with van der Waals surface area (Å²) in [5.41, 5.74) is 2.21. The Hall–Kier alpha value is -0.580. The SMILES string of the molecule is CC(C)c1cc(O)c(CCN2CCNCC2)cc1Br. The van der Waals surface area contributed by atoms with Gasteiger partial charge in [-0.2, -0.15) is 0 Å². The highest BCUT2D eigenvalue weighted by Gasteiger charge is 2.13. The van der Waals surface area contributed by atoms with Gasteiger partial charge in [0.2, 0.25) is 0 Å². The van der Waals surface area contributed by atoms with Crippen LogP contribution in [0.1, 0.15) is 30.9 Å². The number of phenols is 1. The number of nitrogens with zero attached hydrogens (tertiary/aromatic N) is 1. The highest BCUT2D eigenvalue weighted by Crippen LogP contribution is 2.31. The van der Waals surface area contributed by atoms with E-state index < -0.39 is 0 Å². The van der Waals surface area contributed by atoms with Crippen molar-refractivity contribution in [2.75, 3.05) is 32.7 Å². The lowest BCUT2D eigenvalue weighted by Gasteiger charge is -2.27. The summed E-state index contributed by atoms with van der Waals surface area (Å²) in [6.45, 7) is 9.64. The van der Waals surface area contributed by atoms with Gasteiger partial charge in [0.05, 0.1) is 0 Å². The molecule has 0 unspecified atom stereocenters. The second kappa shape index (κ2) is 6.73. The summed E-state index contributed by atoms with van der Waals surface area (Å²) in [5.74, 6) is 0.851. The fourth-order valence-electron chi connectivity index (χ4n) is 2.48. The molecule has 106 valence electrons. The van der Waals surface area contributed by atoms with Gasteiger partial charge in [-0.15, -0.1) is 0 Å². The normalized spacial score (nSPS) is 17.1. The van der Waals surface area contributed by atoms with Crippen LogP contribution in [0, 0.1) is 0 Å². The lowest BCUT2D eigenvalue weighted by atomic mass is 9.99. The van der Waals surface area contributed by atoms with E-state index in [1.807, 2.05) is 6.07 Å². The number of nitrogens with one attached hydrogen (secondary N) is 1. The third-order valence-corrected chi connectivity index (χ3v) is 4.41. The van der Waals surface area contributed by atoms with Gasteiger partial charge in [0.15, 0.2) is 0 Å². The van der Waals surface area contributed by atoms with Gasteiger partial charge in [-0.05, 0) is 35.6 Å². The average Bonchev–Trinajstić information content (AvgIpc) is 2.40. The molecule has 0 aliphatic carbocycles. The first-order valence-corrected chi connectivity index (χ1v) is 7.81. The Labute approximate surface area is 124 Å². The summed E-state index contributed by atoms with van der Waals surface area (Å²) in [6, 6.07) is 3.98. The van der Waals surface area contributed by atoms with Gasteiger partial charge in [-0.25, -0.2) is 0 Å². The zero-order valence-electron chi connectivity index (χ0n) is 11.7. The lowest BCUT2D eigenvalue weighted by molar-refractivity contribution is 0.243. The molecule has 1 fully saturated rings. The number of benzene rings is 1. The van der Waals surface area contributed by atoms with E-state index in [1.54, 1.807) is 0 Å². The van der Waals surface area contributed by atoms with E-state index in [0.717, 1.165) is 49.2 Å². The molecule has 0 aromatic heterocycles. The molecule has 1 heterocycles. The number of aromatic hydroxyl groups is 1. The predicted molar refractivity (Wildman–Crippen MR) is 82.9 cm³/mol. The number of piperazine rings is 1. The first-order valence-electron chi connectivity index (χ1n) is 7.02. The van der Waals surface area contributed by atoms with E-state index >= 15 is 0 Å². The zero-order chi connectivity index (χ0) is 13.8. The van der Waals surface area contributed by atoms with Crippen LogP contribution in [0.3, 0.4) is 0 Å². The van der Waals surface area contributed by atoms with Gasteiger partial charge in [0.1, 0.15) is 5.75 Å². The standard InChI is InChI=1S/C15H23BrN2O/c1-11(2)13-10-15(19)12(9-14(13)16)3-6-18-7-4-17-5-8-18/h9-11,17,19H,3-8H2,1-2H3. The molecule has 4 heteroatoms. The third-order valence-electron chi connectivity index (χ3n) is 3.73. The molecule has 1 aromatic carbocycles. The maximum Gasteiger partial charge on any atom is 0.119 e. The maximum atomic E-state index is 10.1. The molecule has 0 atom stereocenters. The van der Waals surface area contributed by atoms with Crippen LogP contribution in [-0.2, 0) is 6.42 Å². The molecule has 0 saturated carbocycles. The van der Waals surface area contributed by atoms with Crippen molar-refractivity contribution in [2.45, 2.75) is 26.2 Å². The van der Waals surface area contributed by atoms with Crippen LogP contribution in [0.4, 0.5) is 0 Å². The van der Waals surface area contributed by atoms with Gasteiger partial charge in [-0.1, -0.05) is 29.8 Å². The van der Waals surface area contributed by atoms with Crippen molar-refractivity contribution < 1.29 is 5.11 Å². The fourth-order valence-corrected chi connectivity index (χ4v) is 3.32. The lowest BCUT2D eigenvalue weighted by Crippen LogP contribution is -2.44. The second-order valence-corrected chi connectivity index (χ2v) is 6.35. The molecule has 1 aromatic rings. The van der Waals surface area contributed by atoms with Crippen molar-refractivity contribution in [3.8, 4) is 5.75 Å². The van der Waals surface area contributed by atoms with Gasteiger partial charge >= 0.3 is 0 Å². The molecule has 3 nitrogen and oxygen atoms in total. The monoisotopic (exact) mass is 326 g/mol. The molecular weight excluding hydrogens is 304 g/mol. The van der Waals surface area contributed by atoms with E-state index in [2.05, 4.69) is 46.1 Å². The van der Waals surface area contributed by atoms with Gasteiger partial charge < -0.3 is 15.3 Å². The average molecular weight is 327 g/mol. The number of hydrogen-bond donors (Lipinski definition) is 2. The maximum absolute atomic E-state index is 10.1. The topological polar surface area (TPSA) is 35.5 Å². The molecule has 1 aliphatic heterocycles. The third kappa shape index (κ3) is 3.94. The van der Waals surface area contributed by atoms with E-state index in [-0.39, 0.29) is 0 Å². The zero-order valence-corrected chi connectivity index (χ0v) is 13.3. The van der Waals surface area contributed by atoms with E-state index in [0.29, 0.717) is 11.7 Å². The van der Waals surface area contributed by atoms with Crippen LogP contribution in [0.2, 0.25) is 0 Å². The van der Waals surface area contributed by atoms with E-state index in [1.165, 1.54) is 5.56 Å². The smallest absolute Gasteiger partial charge is 0.119 e. The molecule has 0 spiro atoms. The van der Waals surface area contributed by atoms with Gasteiger partial charge in [0, 0.05) is 37.2 Å². The van der Waals surface area contributed by atoms with E-state index in [9.17, 15) is 5.11 Å². The van der Waals surface area contributed by atoms with Crippen LogP contribution < -0.4 is 5.32 Å². The number of rotatable bonds is 4. The van der Waals surface area contributed by atoms with Crippen molar-refractivity contribution in [3.05, 3.63) is 27.7 Å². The molecule has 2 rings (SSSR count). The number of halogens is 1. The minimum Gasteiger partial charge on any atom is -0.508 e. The van der Waals surface area contributed by atoms with Crippen molar-refractivity contribution in [1.29, 1.82) is 0 Å². The Morgan fingerprint density at radius 1 is 1.32 bits per heavy atom. The summed E-state index contributed by atoms with van der Waals surface area (Å²) in [5, 5.41) is 13.5. The van der Waals surface area contributed by atoms with Crippen LogP contribution in [-0.4, -0.2) is 42.7 Å². The molecule has 0 amide bonds. The number of hydrogen-bond acceptors (Lipinski definition) is 3. The second-order valence-electron chi connectivity index (χ2n) is 5.50. The summed E-state index contributed by atoms with van der Waals surface area (Å²) >= 11 is 3.61. The molecule has 19 heavy (non-hydrogen) atoms. The van der Waals surface area contributed by atoms with Crippen molar-refractivity contribution in [3.63, 3.8) is 0 Å². The largest absolute Gasteiger partial charge is 0.508 e. The molecule has 0 bridgehead atoms. The summed E-state index contributed by atoms with van der Waals surface area (Å²) < 4.78 is 1.11. The highest BCUT2D eigenvalue weighted by atomic mass is 79.9. The first kappa shape index (κ1) is 14.8. The van der Waals surface area contributed by atoms with Crippen LogP contribution in [0.5, 0.6) is 5.75 Å². The minimum atomic E-state index is 0.419. The Morgan fingerprint density at radius 3 is 2.63 bits per heavy atom. The molecule has 0 radical (unpaired) electrons. The Morgan fingerprint density at radius 2 is 2.00 bits per heavy atom. The number of phenolic OH excluding ortho intramolecular Hbond substituents is 1. The van der Waals surface area contributed by atoms with Gasteiger partial charge in [0.25, 0.3) is 0 Å². The molecule has 1 aliphatic rings. The Balaban J connectivity index is 2.02. The van der Waals surface area contributed by atoms with Crippen LogP contribution in [0.15, 0.2) is 16.6 Å². The summed E-state index contributed by atoms with van der Waals surface area (Å²) in [7, 11) is 0. The molecule has 1 saturated heterocycles. The van der Waals surface area contributed by atoms with Crippen molar-refractivity contribution in [2.24, 2.45) is 0 Å². The van der Waals surface area contributed by atoms with Crippen LogP contribution in [0.25, 0.3) is 0 Å². The minimum absolute atomic E-state index is 0.419. The molecular formula is C15H23BrN2O. The predicted octanol–water partition coefficient (Wildman–Crippen LogP) is 2.73. The summed E-state index contributed by atoms with van der Waals surface area (Å²) in [6.07, 6.45) is 0.906. The Kier molecular flexibility index (Phi) is 5.25. The Bertz CT molecular complexity index is 428. The summed E-state index contributed by atoms with van der Waals surface area (Å²) in [4.78, 5) is 2.44. The van der Waals surface area contributed by atoms with Crippen molar-refractivity contribution in [1.82, 2.24) is 10.2 Å². The fraction of sp³-hybridized carbons (Fsp3) is 0.600. The quantitative estimate of drug-likeness (QED) is 0.893. The van der Waals surface area contributed by atoms with Crippen LogP contribution >= 0.6 is 15.9 Å². The highest BCUT2D eigenvalue weighted by molar-refractivity contribution is 9.10. The van der Waals surface area contributed by atoms with E-state index in [4.69, 9.17) is 0 Å². The molecule has 2 N–H and O–H groups in total.